The van der Waals surface area contributed by atoms with Gasteiger partial charge in [-0.2, -0.15) is 0 Å². The monoisotopic (exact) mass is 257 g/mol. The number of ketones is 1. The molecule has 0 bridgehead atoms. The lowest BCUT2D eigenvalue weighted by Gasteiger charge is -2.32. The highest BCUT2D eigenvalue weighted by molar-refractivity contribution is 5.79. The van der Waals surface area contributed by atoms with Crippen LogP contribution in [-0.2, 0) is 4.79 Å². The highest BCUT2D eigenvalue weighted by Crippen LogP contribution is 2.11. The van der Waals surface area contributed by atoms with Crippen LogP contribution in [0, 0.1) is 5.21 Å². The Balaban J connectivity index is 3.23. The smallest absolute Gasteiger partial charge is 0.187 e. The molecule has 0 aliphatic rings. The summed E-state index contributed by atoms with van der Waals surface area (Å²) in [4.78, 5) is 11.5. The van der Waals surface area contributed by atoms with Gasteiger partial charge in [-0.05, 0) is 6.42 Å². The molecular weight excluding hydrogens is 226 g/mol. The Bertz CT molecular complexity index is 209. The number of quaternary nitrogens is 1. The molecular formula is C15H31NO2. The number of carbonyl (C=O) groups excluding carboxylic acids is 1. The minimum absolute atomic E-state index is 0.109. The molecule has 0 N–H and O–H groups in total. The highest BCUT2D eigenvalue weighted by Gasteiger charge is 2.09. The van der Waals surface area contributed by atoms with Crippen LogP contribution in [0.4, 0.5) is 0 Å². The zero-order valence-corrected chi connectivity index (χ0v) is 12.5. The number of carbonyl (C=O) groups is 1. The molecule has 0 amide bonds. The summed E-state index contributed by atoms with van der Waals surface area (Å²) in [6.45, 7) is 2.36. The van der Waals surface area contributed by atoms with Gasteiger partial charge in [-0.1, -0.05) is 58.3 Å². The summed E-state index contributed by atoms with van der Waals surface area (Å²) in [6, 6.07) is 0. The van der Waals surface area contributed by atoms with E-state index in [1.165, 1.54) is 59.0 Å². The zero-order chi connectivity index (χ0) is 13.9. The summed E-state index contributed by atoms with van der Waals surface area (Å²) in [5.41, 5.74) is 0. The number of hydrogen-bond acceptors (Lipinski definition) is 2. The normalized spacial score (nSPS) is 11.8. The van der Waals surface area contributed by atoms with Crippen molar-refractivity contribution in [3.8, 4) is 0 Å². The summed E-state index contributed by atoms with van der Waals surface area (Å²) < 4.78 is -0.490. The number of Topliss-reactive ketones (excluding diaryl/α,β-unsaturated/α-hetero) is 1. The third-order valence-corrected chi connectivity index (χ3v) is 3.12. The van der Waals surface area contributed by atoms with Gasteiger partial charge in [-0.3, -0.25) is 4.79 Å². The molecule has 0 radical (unpaired) electrons. The fourth-order valence-electron chi connectivity index (χ4n) is 2.14. The van der Waals surface area contributed by atoms with Crippen LogP contribution in [-0.4, -0.2) is 31.1 Å². The summed E-state index contributed by atoms with van der Waals surface area (Å²) in [5.74, 6) is 0.109. The van der Waals surface area contributed by atoms with Crippen molar-refractivity contribution in [2.24, 2.45) is 0 Å². The summed E-state index contributed by atoms with van der Waals surface area (Å²) in [7, 11) is 3.04. The Hall–Kier alpha value is -0.410. The van der Waals surface area contributed by atoms with Crippen molar-refractivity contribution in [1.82, 2.24) is 0 Å². The molecule has 3 heteroatoms. The number of likely N-dealkylation sites (N-methyl/N-ethyl adjacent to an activating group) is 1. The van der Waals surface area contributed by atoms with Gasteiger partial charge in [0.05, 0.1) is 14.1 Å². The Kier molecular flexibility index (Phi) is 10.3. The Morgan fingerprint density at radius 2 is 1.33 bits per heavy atom. The van der Waals surface area contributed by atoms with Crippen molar-refractivity contribution < 1.29 is 9.44 Å². The first-order chi connectivity index (χ1) is 8.45. The van der Waals surface area contributed by atoms with E-state index in [4.69, 9.17) is 0 Å². The first-order valence-electron chi connectivity index (χ1n) is 7.51. The van der Waals surface area contributed by atoms with Gasteiger partial charge in [0, 0.05) is 6.42 Å². The van der Waals surface area contributed by atoms with Crippen molar-refractivity contribution in [3.63, 3.8) is 0 Å². The molecule has 3 nitrogen and oxygen atoms in total. The number of hydrogen-bond donors (Lipinski definition) is 0. The van der Waals surface area contributed by atoms with E-state index in [0.29, 0.717) is 6.42 Å². The molecule has 0 aliphatic carbocycles. The third-order valence-electron chi connectivity index (χ3n) is 3.12. The van der Waals surface area contributed by atoms with Crippen LogP contribution in [0.5, 0.6) is 0 Å². The SMILES string of the molecule is CCCCCCCCCCCC(=O)C[N+](C)(C)[O-]. The molecule has 108 valence electrons. The van der Waals surface area contributed by atoms with Gasteiger partial charge in [0.2, 0.25) is 0 Å². The Morgan fingerprint density at radius 3 is 1.78 bits per heavy atom. The van der Waals surface area contributed by atoms with Crippen LogP contribution in [0.2, 0.25) is 0 Å². The number of nitrogens with zero attached hydrogens (tertiary/aromatic N) is 1. The number of hydroxylamine groups is 3. The third kappa shape index (κ3) is 13.7. The molecule has 0 spiro atoms. The fraction of sp³-hybridized carbons (Fsp3) is 0.933. The largest absolute Gasteiger partial charge is 0.633 e. The van der Waals surface area contributed by atoms with Crippen LogP contribution in [0.15, 0.2) is 0 Å². The molecule has 0 saturated heterocycles. The van der Waals surface area contributed by atoms with Gasteiger partial charge in [0.15, 0.2) is 5.78 Å². The van der Waals surface area contributed by atoms with E-state index >= 15 is 0 Å². The second-order valence-corrected chi connectivity index (χ2v) is 5.85. The van der Waals surface area contributed by atoms with Gasteiger partial charge in [-0.15, -0.1) is 0 Å². The van der Waals surface area contributed by atoms with Gasteiger partial charge >= 0.3 is 0 Å². The van der Waals surface area contributed by atoms with Crippen LogP contribution >= 0.6 is 0 Å². The summed E-state index contributed by atoms with van der Waals surface area (Å²) >= 11 is 0. The Labute approximate surface area is 113 Å². The number of rotatable bonds is 12. The first-order valence-corrected chi connectivity index (χ1v) is 7.51. The van der Waals surface area contributed by atoms with Crippen molar-refractivity contribution in [2.45, 2.75) is 71.1 Å². The Morgan fingerprint density at radius 1 is 0.889 bits per heavy atom. The standard InChI is InChI=1S/C15H31NO2/c1-4-5-6-7-8-9-10-11-12-13-15(17)14-16(2,3)18/h4-14H2,1-3H3. The lowest BCUT2D eigenvalue weighted by Crippen LogP contribution is -2.37. The van der Waals surface area contributed by atoms with Crippen LogP contribution in [0.3, 0.4) is 0 Å². The van der Waals surface area contributed by atoms with E-state index in [1.54, 1.807) is 0 Å². The predicted octanol–water partition coefficient (Wildman–Crippen LogP) is 4.05. The van der Waals surface area contributed by atoms with E-state index < -0.39 is 4.65 Å². The lowest BCUT2D eigenvalue weighted by molar-refractivity contribution is -0.831. The zero-order valence-electron chi connectivity index (χ0n) is 12.5. The fourth-order valence-corrected chi connectivity index (χ4v) is 2.14. The molecule has 0 heterocycles. The average molecular weight is 257 g/mol. The molecule has 0 unspecified atom stereocenters. The maximum Gasteiger partial charge on any atom is 0.187 e. The summed E-state index contributed by atoms with van der Waals surface area (Å²) in [5, 5.41) is 11.3. The highest BCUT2D eigenvalue weighted by atomic mass is 16.5. The molecule has 18 heavy (non-hydrogen) atoms. The number of unbranched alkanes of at least 4 members (excludes halogenated alkanes) is 8. The minimum atomic E-state index is -0.490. The quantitative estimate of drug-likeness (QED) is 0.300. The maximum atomic E-state index is 11.5. The molecule has 0 aliphatic heterocycles. The minimum Gasteiger partial charge on any atom is -0.633 e. The predicted molar refractivity (Wildman–Crippen MR) is 77.2 cm³/mol. The van der Waals surface area contributed by atoms with Gasteiger partial charge < -0.3 is 9.85 Å². The van der Waals surface area contributed by atoms with E-state index in [0.717, 1.165) is 12.8 Å². The topological polar surface area (TPSA) is 40.1 Å². The molecule has 0 atom stereocenters. The van der Waals surface area contributed by atoms with E-state index in [1.807, 2.05) is 0 Å². The van der Waals surface area contributed by atoms with Gasteiger partial charge in [0.25, 0.3) is 0 Å². The second kappa shape index (κ2) is 10.5. The van der Waals surface area contributed by atoms with Crippen LogP contribution in [0.25, 0.3) is 0 Å². The van der Waals surface area contributed by atoms with E-state index in [2.05, 4.69) is 6.92 Å². The molecule has 0 rings (SSSR count). The van der Waals surface area contributed by atoms with E-state index in [9.17, 15) is 10.0 Å². The van der Waals surface area contributed by atoms with Crippen molar-refractivity contribution >= 4 is 5.78 Å². The molecule has 0 saturated carbocycles. The first kappa shape index (κ1) is 17.6. The van der Waals surface area contributed by atoms with Gasteiger partial charge in [0.1, 0.15) is 6.54 Å². The van der Waals surface area contributed by atoms with Crippen LogP contribution in [0.1, 0.15) is 71.1 Å². The van der Waals surface area contributed by atoms with Crippen molar-refractivity contribution in [2.75, 3.05) is 20.6 Å². The second-order valence-electron chi connectivity index (χ2n) is 5.85. The summed E-state index contributed by atoms with van der Waals surface area (Å²) in [6.07, 6.45) is 11.9. The van der Waals surface area contributed by atoms with Crippen molar-refractivity contribution in [3.05, 3.63) is 5.21 Å². The lowest BCUT2D eigenvalue weighted by atomic mass is 10.1. The van der Waals surface area contributed by atoms with Gasteiger partial charge in [-0.25, -0.2) is 0 Å². The molecule has 0 aromatic rings. The van der Waals surface area contributed by atoms with E-state index in [-0.39, 0.29) is 12.3 Å². The molecule has 0 aromatic carbocycles. The van der Waals surface area contributed by atoms with Crippen molar-refractivity contribution in [1.29, 1.82) is 0 Å². The maximum absolute atomic E-state index is 11.5. The molecule has 0 aromatic heterocycles. The average Bonchev–Trinajstić information content (AvgIpc) is 2.24. The molecule has 0 fully saturated rings. The van der Waals surface area contributed by atoms with Crippen LogP contribution < -0.4 is 0 Å².